The Morgan fingerprint density at radius 2 is 0.875 bits per heavy atom. The topological polar surface area (TPSA) is 103 Å². The summed E-state index contributed by atoms with van der Waals surface area (Å²) >= 11 is 0. The Bertz CT molecular complexity index is 577. The Kier molecular flexibility index (Phi) is 13.8. The van der Waals surface area contributed by atoms with Gasteiger partial charge in [-0.05, 0) is 38.5 Å². The van der Waals surface area contributed by atoms with E-state index >= 15 is 0 Å². The van der Waals surface area contributed by atoms with E-state index in [9.17, 15) is 0 Å². The maximum absolute atomic E-state index is 8.89. The number of rotatable bonds is 13. The first kappa shape index (κ1) is 25.8. The molecule has 178 valence electrons. The fourth-order valence-electron chi connectivity index (χ4n) is 4.40. The van der Waals surface area contributed by atoms with E-state index in [0.717, 1.165) is 64.0 Å². The zero-order valence-electron chi connectivity index (χ0n) is 19.8. The smallest absolute Gasteiger partial charge is 0.207 e. The Labute approximate surface area is 194 Å². The van der Waals surface area contributed by atoms with Crippen LogP contribution < -0.4 is 10.6 Å². The minimum atomic E-state index is 0.768. The zero-order chi connectivity index (χ0) is 22.7. The van der Waals surface area contributed by atoms with E-state index in [1.807, 2.05) is 12.4 Å². The van der Waals surface area contributed by atoms with Crippen molar-refractivity contribution in [3.63, 3.8) is 0 Å². The average Bonchev–Trinajstić information content (AvgIpc) is 3.52. The molecule has 0 spiro atoms. The number of hydrogen-bond acceptors (Lipinski definition) is 4. The second-order valence-corrected chi connectivity index (χ2v) is 8.81. The second kappa shape index (κ2) is 17.1. The molecule has 2 heterocycles. The highest BCUT2D eigenvalue weighted by Crippen LogP contribution is 2.12. The summed E-state index contributed by atoms with van der Waals surface area (Å²) in [4.78, 5) is 13.6. The van der Waals surface area contributed by atoms with Crippen LogP contribution in [-0.2, 0) is 0 Å². The third-order valence-corrected chi connectivity index (χ3v) is 6.24. The molecule has 2 N–H and O–H groups in total. The van der Waals surface area contributed by atoms with Crippen LogP contribution in [-0.4, -0.2) is 61.0 Å². The highest BCUT2D eigenvalue weighted by atomic mass is 15.3. The molecule has 2 aliphatic rings. The van der Waals surface area contributed by atoms with Crippen LogP contribution in [0.4, 0.5) is 0 Å². The van der Waals surface area contributed by atoms with Crippen LogP contribution in [0.15, 0.2) is 9.98 Å². The predicted octanol–water partition coefficient (Wildman–Crippen LogP) is 3.93. The van der Waals surface area contributed by atoms with Crippen LogP contribution in [0.25, 0.3) is 0 Å². The van der Waals surface area contributed by atoms with E-state index in [-0.39, 0.29) is 0 Å². The van der Waals surface area contributed by atoms with Crippen LogP contribution in [0, 0.1) is 22.9 Å². The lowest BCUT2D eigenvalue weighted by atomic mass is 10.1. The molecule has 0 radical (unpaired) electrons. The molecule has 8 nitrogen and oxygen atoms in total. The van der Waals surface area contributed by atoms with Gasteiger partial charge in [-0.25, -0.2) is 0 Å². The number of nitrogens with one attached hydrogen (secondary N) is 2. The van der Waals surface area contributed by atoms with E-state index in [0.29, 0.717) is 0 Å². The Hall–Kier alpha value is -2.48. The van der Waals surface area contributed by atoms with Crippen LogP contribution in [0.3, 0.4) is 0 Å². The Morgan fingerprint density at radius 3 is 1.19 bits per heavy atom. The lowest BCUT2D eigenvalue weighted by Gasteiger charge is -2.17. The summed E-state index contributed by atoms with van der Waals surface area (Å²) in [6.45, 7) is 5.67. The largest absolute Gasteiger partial charge is 0.342 e. The van der Waals surface area contributed by atoms with Crippen molar-refractivity contribution in [1.82, 2.24) is 20.4 Å². The molecule has 0 saturated carbocycles. The van der Waals surface area contributed by atoms with Gasteiger partial charge in [-0.3, -0.25) is 20.6 Å². The van der Waals surface area contributed by atoms with Crippen molar-refractivity contribution in [2.45, 2.75) is 89.9 Å². The molecule has 0 aromatic heterocycles. The number of unbranched alkanes of at least 4 members (excludes halogenated alkanes) is 9. The SMILES string of the molecule is N#CNC(=NCCCCCCCCCCCCN=C(NC#N)N1CCCC1)N1CCCC1. The molecule has 2 fully saturated rings. The number of nitriles is 2. The third-order valence-electron chi connectivity index (χ3n) is 6.24. The van der Waals surface area contributed by atoms with Gasteiger partial charge in [0.05, 0.1) is 0 Å². The minimum absolute atomic E-state index is 0.768. The maximum atomic E-state index is 8.89. The predicted molar refractivity (Wildman–Crippen MR) is 130 cm³/mol. The molecule has 0 bridgehead atoms. The fourth-order valence-corrected chi connectivity index (χ4v) is 4.40. The summed E-state index contributed by atoms with van der Waals surface area (Å²) in [6, 6.07) is 0. The van der Waals surface area contributed by atoms with E-state index < -0.39 is 0 Å². The molecule has 0 amide bonds. The third kappa shape index (κ3) is 10.7. The van der Waals surface area contributed by atoms with Gasteiger partial charge >= 0.3 is 0 Å². The van der Waals surface area contributed by atoms with E-state index in [2.05, 4.69) is 30.4 Å². The van der Waals surface area contributed by atoms with Crippen molar-refractivity contribution in [1.29, 1.82) is 10.5 Å². The summed E-state index contributed by atoms with van der Waals surface area (Å²) in [5, 5.41) is 23.3. The van der Waals surface area contributed by atoms with E-state index in [1.165, 1.54) is 77.0 Å². The number of hydrogen-bond donors (Lipinski definition) is 2. The molecular weight excluding hydrogens is 400 g/mol. The van der Waals surface area contributed by atoms with Crippen molar-refractivity contribution >= 4 is 11.9 Å². The van der Waals surface area contributed by atoms with Crippen LogP contribution in [0.5, 0.6) is 0 Å². The molecule has 2 saturated heterocycles. The molecule has 2 aliphatic heterocycles. The van der Waals surface area contributed by atoms with Crippen molar-refractivity contribution in [3.05, 3.63) is 0 Å². The Balaban J connectivity index is 1.40. The molecule has 0 aromatic carbocycles. The van der Waals surface area contributed by atoms with Crippen molar-refractivity contribution in [3.8, 4) is 12.4 Å². The van der Waals surface area contributed by atoms with E-state index in [4.69, 9.17) is 10.5 Å². The van der Waals surface area contributed by atoms with Gasteiger partial charge in [0, 0.05) is 39.3 Å². The van der Waals surface area contributed by atoms with Crippen molar-refractivity contribution in [2.24, 2.45) is 9.98 Å². The molecule has 0 unspecified atom stereocenters. The van der Waals surface area contributed by atoms with Gasteiger partial charge in [-0.15, -0.1) is 0 Å². The lowest BCUT2D eigenvalue weighted by molar-refractivity contribution is 0.499. The number of nitrogens with zero attached hydrogens (tertiary/aromatic N) is 6. The highest BCUT2D eigenvalue weighted by molar-refractivity contribution is 5.82. The quantitative estimate of drug-likeness (QED) is 0.147. The first-order valence-electron chi connectivity index (χ1n) is 12.7. The van der Waals surface area contributed by atoms with Gasteiger partial charge in [0.15, 0.2) is 12.4 Å². The fraction of sp³-hybridized carbons (Fsp3) is 0.833. The molecule has 32 heavy (non-hydrogen) atoms. The molecule has 0 atom stereocenters. The van der Waals surface area contributed by atoms with Crippen LogP contribution >= 0.6 is 0 Å². The van der Waals surface area contributed by atoms with Gasteiger partial charge in [-0.2, -0.15) is 10.5 Å². The molecule has 0 aromatic rings. The monoisotopic (exact) mass is 442 g/mol. The Morgan fingerprint density at radius 1 is 0.562 bits per heavy atom. The zero-order valence-corrected chi connectivity index (χ0v) is 19.8. The van der Waals surface area contributed by atoms with Gasteiger partial charge in [0.1, 0.15) is 0 Å². The first-order valence-corrected chi connectivity index (χ1v) is 12.7. The van der Waals surface area contributed by atoms with Crippen molar-refractivity contribution in [2.75, 3.05) is 39.3 Å². The van der Waals surface area contributed by atoms with Gasteiger partial charge in [-0.1, -0.05) is 51.4 Å². The minimum Gasteiger partial charge on any atom is -0.342 e. The van der Waals surface area contributed by atoms with Gasteiger partial charge < -0.3 is 9.80 Å². The average molecular weight is 443 g/mol. The molecule has 0 aliphatic carbocycles. The van der Waals surface area contributed by atoms with Gasteiger partial charge in [0.2, 0.25) is 11.9 Å². The highest BCUT2D eigenvalue weighted by Gasteiger charge is 2.16. The summed E-state index contributed by atoms with van der Waals surface area (Å²) in [7, 11) is 0. The normalized spacial score (nSPS) is 16.8. The van der Waals surface area contributed by atoms with Crippen LogP contribution in [0.1, 0.15) is 89.9 Å². The van der Waals surface area contributed by atoms with Crippen molar-refractivity contribution < 1.29 is 0 Å². The molecule has 2 rings (SSSR count). The molecule has 8 heteroatoms. The first-order chi connectivity index (χ1) is 15.8. The standard InChI is InChI=1S/C24H42N8/c25-21-29-23(31-17-11-12-18-31)27-15-9-7-5-3-1-2-4-6-8-10-16-28-24(30-22-26)32-19-13-14-20-32/h1-20H2,(H,27,29)(H,28,30). The van der Waals surface area contributed by atoms with Gasteiger partial charge in [0.25, 0.3) is 0 Å². The summed E-state index contributed by atoms with van der Waals surface area (Å²) in [5.41, 5.74) is 0. The molecular formula is C24H42N8. The number of guanidine groups is 2. The maximum Gasteiger partial charge on any atom is 0.207 e. The number of aliphatic imine (C=N–C) groups is 2. The summed E-state index contributed by atoms with van der Waals surface area (Å²) in [6.07, 6.45) is 21.3. The van der Waals surface area contributed by atoms with Crippen LogP contribution in [0.2, 0.25) is 0 Å². The second-order valence-electron chi connectivity index (χ2n) is 8.81. The lowest BCUT2D eigenvalue weighted by Crippen LogP contribution is -2.37. The summed E-state index contributed by atoms with van der Waals surface area (Å²) in [5.74, 6) is 1.54. The van der Waals surface area contributed by atoms with E-state index in [1.54, 1.807) is 0 Å². The number of likely N-dealkylation sites (tertiary alicyclic amines) is 2. The summed E-state index contributed by atoms with van der Waals surface area (Å²) < 4.78 is 0.